The van der Waals surface area contributed by atoms with Crippen molar-refractivity contribution < 1.29 is 0 Å². The van der Waals surface area contributed by atoms with Crippen LogP contribution in [-0.4, -0.2) is 12.6 Å². The van der Waals surface area contributed by atoms with Crippen LogP contribution in [0.3, 0.4) is 0 Å². The van der Waals surface area contributed by atoms with Gasteiger partial charge in [0.1, 0.15) is 0 Å². The number of nitrogens with one attached hydrogen (secondary N) is 1. The second-order valence-electron chi connectivity index (χ2n) is 5.33. The van der Waals surface area contributed by atoms with Crippen LogP contribution >= 0.6 is 0 Å². The van der Waals surface area contributed by atoms with Crippen molar-refractivity contribution in [3.63, 3.8) is 0 Å². The minimum Gasteiger partial charge on any atom is -0.382 e. The van der Waals surface area contributed by atoms with Crippen LogP contribution in [0.4, 0.5) is 5.69 Å². The highest BCUT2D eigenvalue weighted by Crippen LogP contribution is 2.27. The van der Waals surface area contributed by atoms with Crippen LogP contribution in [0.25, 0.3) is 0 Å². The minimum atomic E-state index is 0.566. The van der Waals surface area contributed by atoms with Crippen molar-refractivity contribution in [1.82, 2.24) is 0 Å². The van der Waals surface area contributed by atoms with Gasteiger partial charge >= 0.3 is 0 Å². The summed E-state index contributed by atoms with van der Waals surface area (Å²) in [6.07, 6.45) is 5.21. The molecular formula is C15H24N2. The molecule has 0 saturated heterocycles. The first kappa shape index (κ1) is 12.4. The van der Waals surface area contributed by atoms with E-state index in [4.69, 9.17) is 5.73 Å². The van der Waals surface area contributed by atoms with Crippen LogP contribution in [-0.2, 0) is 0 Å². The van der Waals surface area contributed by atoms with Gasteiger partial charge in [0.2, 0.25) is 0 Å². The Kier molecular flexibility index (Phi) is 4.06. The number of anilines is 1. The van der Waals surface area contributed by atoms with Gasteiger partial charge in [-0.2, -0.15) is 0 Å². The van der Waals surface area contributed by atoms with E-state index in [0.29, 0.717) is 12.0 Å². The lowest BCUT2D eigenvalue weighted by molar-refractivity contribution is 0.332. The fraction of sp³-hybridized carbons (Fsp3) is 0.600. The van der Waals surface area contributed by atoms with E-state index in [0.717, 1.165) is 6.54 Å². The largest absolute Gasteiger partial charge is 0.382 e. The molecule has 2 atom stereocenters. The molecule has 2 unspecified atom stereocenters. The summed E-state index contributed by atoms with van der Waals surface area (Å²) in [4.78, 5) is 0. The minimum absolute atomic E-state index is 0.566. The zero-order valence-corrected chi connectivity index (χ0v) is 11.0. The quantitative estimate of drug-likeness (QED) is 0.839. The first-order valence-electron chi connectivity index (χ1n) is 6.74. The van der Waals surface area contributed by atoms with E-state index in [1.54, 1.807) is 0 Å². The summed E-state index contributed by atoms with van der Waals surface area (Å²) in [5, 5.41) is 3.67. The Morgan fingerprint density at radius 2 is 1.94 bits per heavy atom. The molecule has 0 aliphatic heterocycles. The fourth-order valence-electron chi connectivity index (χ4n) is 2.73. The molecule has 0 bridgehead atoms. The van der Waals surface area contributed by atoms with Gasteiger partial charge in [0.15, 0.2) is 0 Å². The third-order valence-corrected chi connectivity index (χ3v) is 4.07. The lowest BCUT2D eigenvalue weighted by Crippen LogP contribution is -2.36. The molecule has 0 heterocycles. The molecule has 2 heteroatoms. The predicted molar refractivity (Wildman–Crippen MR) is 74.3 cm³/mol. The maximum Gasteiger partial charge on any atom is 0.0345 e. The van der Waals surface area contributed by atoms with E-state index in [2.05, 4.69) is 37.4 Å². The van der Waals surface area contributed by atoms with Gasteiger partial charge in [-0.3, -0.25) is 0 Å². The smallest absolute Gasteiger partial charge is 0.0345 e. The normalized spacial score (nSPS) is 24.6. The molecule has 1 aromatic carbocycles. The zero-order valence-electron chi connectivity index (χ0n) is 11.0. The second-order valence-corrected chi connectivity index (χ2v) is 5.33. The van der Waals surface area contributed by atoms with E-state index in [1.807, 2.05) is 0 Å². The number of aryl methyl sites for hydroxylation is 2. The van der Waals surface area contributed by atoms with E-state index >= 15 is 0 Å². The van der Waals surface area contributed by atoms with Crippen molar-refractivity contribution in [2.24, 2.45) is 11.7 Å². The first-order chi connectivity index (χ1) is 8.20. The summed E-state index contributed by atoms with van der Waals surface area (Å²) in [5.74, 6) is 0.644. The standard InChI is InChI=1S/C15H24N2/c1-11-7-8-14(9-12(11)2)17-15-6-4-3-5-13(15)10-16/h7-9,13,15,17H,3-6,10,16H2,1-2H3. The second kappa shape index (κ2) is 5.54. The molecule has 1 aliphatic carbocycles. The van der Waals surface area contributed by atoms with Crippen molar-refractivity contribution in [1.29, 1.82) is 0 Å². The monoisotopic (exact) mass is 232 g/mol. The SMILES string of the molecule is Cc1ccc(NC2CCCCC2CN)cc1C. The number of hydrogen-bond donors (Lipinski definition) is 2. The maximum atomic E-state index is 5.86. The Morgan fingerprint density at radius 3 is 2.65 bits per heavy atom. The van der Waals surface area contributed by atoms with Gasteiger partial charge in [-0.25, -0.2) is 0 Å². The molecule has 1 saturated carbocycles. The molecule has 2 nitrogen and oxygen atoms in total. The van der Waals surface area contributed by atoms with E-state index in [1.165, 1.54) is 42.5 Å². The lowest BCUT2D eigenvalue weighted by atomic mass is 9.84. The van der Waals surface area contributed by atoms with Crippen molar-refractivity contribution in [3.8, 4) is 0 Å². The van der Waals surface area contributed by atoms with Gasteiger partial charge in [0.05, 0.1) is 0 Å². The fourth-order valence-corrected chi connectivity index (χ4v) is 2.73. The number of rotatable bonds is 3. The van der Waals surface area contributed by atoms with E-state index in [-0.39, 0.29) is 0 Å². The summed E-state index contributed by atoms with van der Waals surface area (Å²) in [6, 6.07) is 7.19. The average Bonchev–Trinajstić information content (AvgIpc) is 2.34. The molecule has 0 aromatic heterocycles. The summed E-state index contributed by atoms with van der Waals surface area (Å²) < 4.78 is 0. The van der Waals surface area contributed by atoms with Crippen LogP contribution in [0.15, 0.2) is 18.2 Å². The molecule has 0 amide bonds. The van der Waals surface area contributed by atoms with Crippen molar-refractivity contribution >= 4 is 5.69 Å². The molecule has 94 valence electrons. The summed E-state index contributed by atoms with van der Waals surface area (Å²) in [5.41, 5.74) is 9.82. The highest BCUT2D eigenvalue weighted by atomic mass is 14.9. The van der Waals surface area contributed by atoms with Crippen LogP contribution in [0.5, 0.6) is 0 Å². The van der Waals surface area contributed by atoms with E-state index < -0.39 is 0 Å². The Hall–Kier alpha value is -1.02. The molecule has 3 N–H and O–H groups in total. The van der Waals surface area contributed by atoms with E-state index in [9.17, 15) is 0 Å². The van der Waals surface area contributed by atoms with Crippen molar-refractivity contribution in [2.75, 3.05) is 11.9 Å². The van der Waals surface area contributed by atoms with Gasteiger partial charge in [-0.05, 0) is 62.4 Å². The number of benzene rings is 1. The lowest BCUT2D eigenvalue weighted by Gasteiger charge is -2.32. The molecular weight excluding hydrogens is 208 g/mol. The number of hydrogen-bond acceptors (Lipinski definition) is 2. The molecule has 2 rings (SSSR count). The van der Waals surface area contributed by atoms with Crippen LogP contribution in [0, 0.1) is 19.8 Å². The first-order valence-corrected chi connectivity index (χ1v) is 6.74. The highest BCUT2D eigenvalue weighted by molar-refractivity contribution is 5.48. The topological polar surface area (TPSA) is 38.0 Å². The maximum absolute atomic E-state index is 5.86. The Balaban J connectivity index is 2.05. The Morgan fingerprint density at radius 1 is 1.18 bits per heavy atom. The van der Waals surface area contributed by atoms with Crippen LogP contribution in [0.2, 0.25) is 0 Å². The molecule has 0 spiro atoms. The average molecular weight is 232 g/mol. The molecule has 17 heavy (non-hydrogen) atoms. The zero-order chi connectivity index (χ0) is 12.3. The van der Waals surface area contributed by atoms with Crippen LogP contribution in [0.1, 0.15) is 36.8 Å². The third-order valence-electron chi connectivity index (χ3n) is 4.07. The number of nitrogens with two attached hydrogens (primary N) is 1. The highest BCUT2D eigenvalue weighted by Gasteiger charge is 2.23. The van der Waals surface area contributed by atoms with Gasteiger partial charge in [-0.1, -0.05) is 18.9 Å². The molecule has 1 fully saturated rings. The van der Waals surface area contributed by atoms with Gasteiger partial charge in [-0.15, -0.1) is 0 Å². The molecule has 1 aromatic rings. The Bertz CT molecular complexity index is 373. The Labute approximate surface area is 105 Å². The predicted octanol–water partition coefficient (Wildman–Crippen LogP) is 3.23. The molecule has 0 radical (unpaired) electrons. The summed E-state index contributed by atoms with van der Waals surface area (Å²) in [7, 11) is 0. The summed E-state index contributed by atoms with van der Waals surface area (Å²) >= 11 is 0. The third kappa shape index (κ3) is 3.01. The molecule has 1 aliphatic rings. The van der Waals surface area contributed by atoms with Crippen LogP contribution < -0.4 is 11.1 Å². The van der Waals surface area contributed by atoms with Crippen molar-refractivity contribution in [2.45, 2.75) is 45.6 Å². The summed E-state index contributed by atoms with van der Waals surface area (Å²) in [6.45, 7) is 5.13. The van der Waals surface area contributed by atoms with Crippen molar-refractivity contribution in [3.05, 3.63) is 29.3 Å². The van der Waals surface area contributed by atoms with Gasteiger partial charge < -0.3 is 11.1 Å². The van der Waals surface area contributed by atoms with Gasteiger partial charge in [0.25, 0.3) is 0 Å². The van der Waals surface area contributed by atoms with Gasteiger partial charge in [0, 0.05) is 11.7 Å².